The van der Waals surface area contributed by atoms with Gasteiger partial charge in [0.05, 0.1) is 28.8 Å². The molecule has 0 aliphatic heterocycles. The minimum absolute atomic E-state index is 0.200. The van der Waals surface area contributed by atoms with E-state index in [9.17, 15) is 9.90 Å². The summed E-state index contributed by atoms with van der Waals surface area (Å²) in [6.07, 6.45) is 3.84. The summed E-state index contributed by atoms with van der Waals surface area (Å²) in [5.74, 6) is -0.200. The van der Waals surface area contributed by atoms with Gasteiger partial charge in [-0.1, -0.05) is 20.8 Å². The Morgan fingerprint density at radius 2 is 2.04 bits per heavy atom. The molecule has 2 heterocycles. The van der Waals surface area contributed by atoms with E-state index >= 15 is 0 Å². The predicted molar refractivity (Wildman–Crippen MR) is 95.1 cm³/mol. The Hall–Kier alpha value is -1.95. The van der Waals surface area contributed by atoms with Gasteiger partial charge in [0, 0.05) is 12.2 Å². The van der Waals surface area contributed by atoms with Crippen molar-refractivity contribution < 1.29 is 9.90 Å². The highest BCUT2D eigenvalue weighted by Gasteiger charge is 2.24. The number of nitrogens with one attached hydrogen (secondary N) is 1. The van der Waals surface area contributed by atoms with E-state index in [0.29, 0.717) is 18.4 Å². The van der Waals surface area contributed by atoms with E-state index in [1.165, 1.54) is 0 Å². The Bertz CT molecular complexity index is 719. The molecule has 0 saturated carbocycles. The summed E-state index contributed by atoms with van der Waals surface area (Å²) in [5.41, 5.74) is 1.20. The number of carbonyl (C=O) groups excluding carboxylic acids is 1. The van der Waals surface area contributed by atoms with Crippen molar-refractivity contribution in [3.05, 3.63) is 23.5 Å². The third-order valence-electron chi connectivity index (χ3n) is 4.84. The molecular weight excluding hydrogens is 304 g/mol. The molecule has 0 fully saturated rings. The number of aromatic nitrogens is 3. The summed E-state index contributed by atoms with van der Waals surface area (Å²) < 4.78 is 1.87. The number of pyridine rings is 1. The van der Waals surface area contributed by atoms with Gasteiger partial charge in [0.15, 0.2) is 5.65 Å². The Balaban J connectivity index is 2.35. The first kappa shape index (κ1) is 18.4. The second kappa shape index (κ2) is 7.30. The maximum atomic E-state index is 12.7. The molecule has 2 aromatic heterocycles. The number of amides is 1. The van der Waals surface area contributed by atoms with E-state index < -0.39 is 5.60 Å². The molecule has 0 bridgehead atoms. The molecule has 0 saturated heterocycles. The third-order valence-corrected chi connectivity index (χ3v) is 4.84. The fourth-order valence-electron chi connectivity index (χ4n) is 2.67. The molecule has 24 heavy (non-hydrogen) atoms. The molecule has 132 valence electrons. The minimum Gasteiger partial charge on any atom is -0.388 e. The van der Waals surface area contributed by atoms with Gasteiger partial charge in [0.1, 0.15) is 0 Å². The van der Waals surface area contributed by atoms with Crippen LogP contribution in [0.15, 0.2) is 12.3 Å². The van der Waals surface area contributed by atoms with E-state index in [1.54, 1.807) is 12.3 Å². The lowest BCUT2D eigenvalue weighted by Gasteiger charge is -2.25. The van der Waals surface area contributed by atoms with E-state index in [1.807, 2.05) is 25.5 Å². The molecule has 1 unspecified atom stereocenters. The number of hydrogen-bond acceptors (Lipinski definition) is 4. The number of aryl methyl sites for hydroxylation is 1. The highest BCUT2D eigenvalue weighted by atomic mass is 16.3. The average Bonchev–Trinajstić information content (AvgIpc) is 3.01. The van der Waals surface area contributed by atoms with Crippen molar-refractivity contribution in [2.45, 2.75) is 65.5 Å². The van der Waals surface area contributed by atoms with E-state index in [0.717, 1.165) is 23.1 Å². The zero-order chi connectivity index (χ0) is 17.9. The quantitative estimate of drug-likeness (QED) is 0.817. The maximum Gasteiger partial charge on any atom is 0.252 e. The number of nitrogens with zero attached hydrogens (tertiary/aromatic N) is 3. The molecule has 2 aromatic rings. The van der Waals surface area contributed by atoms with Gasteiger partial charge in [0.25, 0.3) is 5.91 Å². The number of rotatable bonds is 7. The second-order valence-corrected chi connectivity index (χ2v) is 6.51. The normalized spacial score (nSPS) is 13.2. The zero-order valence-corrected chi connectivity index (χ0v) is 15.3. The summed E-state index contributed by atoms with van der Waals surface area (Å²) >= 11 is 0. The van der Waals surface area contributed by atoms with Crippen LogP contribution in [0.1, 0.15) is 69.1 Å². The third kappa shape index (κ3) is 3.59. The lowest BCUT2D eigenvalue weighted by Crippen LogP contribution is -2.42. The Morgan fingerprint density at radius 3 is 2.62 bits per heavy atom. The van der Waals surface area contributed by atoms with Crippen LogP contribution in [0, 0.1) is 6.92 Å². The van der Waals surface area contributed by atoms with Crippen molar-refractivity contribution in [2.24, 2.45) is 0 Å². The monoisotopic (exact) mass is 332 g/mol. The SMILES string of the molecule is CCC(C)n1ncc2c(C(=O)NCC(O)(CC)CC)cc(C)nc21. The molecule has 0 aliphatic carbocycles. The minimum atomic E-state index is -0.863. The maximum absolute atomic E-state index is 12.7. The molecule has 0 aromatic carbocycles. The van der Waals surface area contributed by atoms with Crippen LogP contribution in [-0.4, -0.2) is 37.9 Å². The smallest absolute Gasteiger partial charge is 0.252 e. The van der Waals surface area contributed by atoms with Crippen molar-refractivity contribution in [1.82, 2.24) is 20.1 Å². The van der Waals surface area contributed by atoms with Crippen molar-refractivity contribution in [3.8, 4) is 0 Å². The molecule has 0 radical (unpaired) electrons. The molecule has 0 spiro atoms. The number of hydrogen-bond donors (Lipinski definition) is 2. The van der Waals surface area contributed by atoms with Crippen molar-refractivity contribution >= 4 is 16.9 Å². The van der Waals surface area contributed by atoms with Crippen LogP contribution in [-0.2, 0) is 0 Å². The van der Waals surface area contributed by atoms with Gasteiger partial charge < -0.3 is 10.4 Å². The van der Waals surface area contributed by atoms with E-state index in [-0.39, 0.29) is 18.5 Å². The van der Waals surface area contributed by atoms with Gasteiger partial charge >= 0.3 is 0 Å². The molecule has 6 heteroatoms. The molecular formula is C18H28N4O2. The van der Waals surface area contributed by atoms with Crippen LogP contribution in [0.4, 0.5) is 0 Å². The first-order chi connectivity index (χ1) is 11.3. The van der Waals surface area contributed by atoms with Crippen molar-refractivity contribution in [2.75, 3.05) is 6.54 Å². The predicted octanol–water partition coefficient (Wildman–Crippen LogP) is 2.99. The number of fused-ring (bicyclic) bond motifs is 1. The topological polar surface area (TPSA) is 80.0 Å². The van der Waals surface area contributed by atoms with Gasteiger partial charge in [0.2, 0.25) is 0 Å². The van der Waals surface area contributed by atoms with Crippen molar-refractivity contribution in [3.63, 3.8) is 0 Å². The lowest BCUT2D eigenvalue weighted by molar-refractivity contribution is 0.0314. The van der Waals surface area contributed by atoms with Crippen LogP contribution < -0.4 is 5.32 Å². The van der Waals surface area contributed by atoms with Crippen LogP contribution >= 0.6 is 0 Å². The average molecular weight is 332 g/mol. The number of aliphatic hydroxyl groups is 1. The van der Waals surface area contributed by atoms with Crippen molar-refractivity contribution in [1.29, 1.82) is 0 Å². The Morgan fingerprint density at radius 1 is 1.38 bits per heavy atom. The van der Waals surface area contributed by atoms with E-state index in [2.05, 4.69) is 29.2 Å². The first-order valence-electron chi connectivity index (χ1n) is 8.70. The Labute approximate surface area is 143 Å². The van der Waals surface area contributed by atoms with Crippen LogP contribution in [0.2, 0.25) is 0 Å². The summed E-state index contributed by atoms with van der Waals surface area (Å²) in [4.78, 5) is 17.2. The molecule has 6 nitrogen and oxygen atoms in total. The van der Waals surface area contributed by atoms with Gasteiger partial charge in [-0.2, -0.15) is 5.10 Å². The molecule has 1 amide bonds. The molecule has 2 rings (SSSR count). The second-order valence-electron chi connectivity index (χ2n) is 6.51. The highest BCUT2D eigenvalue weighted by molar-refractivity contribution is 6.05. The number of carbonyl (C=O) groups is 1. The highest BCUT2D eigenvalue weighted by Crippen LogP contribution is 2.22. The summed E-state index contributed by atoms with van der Waals surface area (Å²) in [6, 6.07) is 2.00. The van der Waals surface area contributed by atoms with Crippen LogP contribution in [0.25, 0.3) is 11.0 Å². The van der Waals surface area contributed by atoms with Gasteiger partial charge in [-0.15, -0.1) is 0 Å². The summed E-state index contributed by atoms with van der Waals surface area (Å²) in [6.45, 7) is 10.1. The summed E-state index contributed by atoms with van der Waals surface area (Å²) in [5, 5.41) is 18.4. The molecule has 1 atom stereocenters. The van der Waals surface area contributed by atoms with E-state index in [4.69, 9.17) is 0 Å². The largest absolute Gasteiger partial charge is 0.388 e. The Kier molecular flexibility index (Phi) is 5.59. The van der Waals surface area contributed by atoms with Crippen LogP contribution in [0.5, 0.6) is 0 Å². The van der Waals surface area contributed by atoms with Crippen LogP contribution in [0.3, 0.4) is 0 Å². The standard InChI is InChI=1S/C18H28N4O2/c1-6-13(5)22-16-15(10-20-22)14(9-12(4)21-16)17(23)19-11-18(24,7-2)8-3/h9-10,13,24H,6-8,11H2,1-5H3,(H,19,23). The fraction of sp³-hybridized carbons (Fsp3) is 0.611. The van der Waals surface area contributed by atoms with Gasteiger partial charge in [-0.05, 0) is 39.2 Å². The molecule has 2 N–H and O–H groups in total. The molecule has 0 aliphatic rings. The zero-order valence-electron chi connectivity index (χ0n) is 15.3. The fourth-order valence-corrected chi connectivity index (χ4v) is 2.67. The van der Waals surface area contributed by atoms with Gasteiger partial charge in [-0.3, -0.25) is 4.79 Å². The lowest BCUT2D eigenvalue weighted by atomic mass is 9.97. The first-order valence-corrected chi connectivity index (χ1v) is 8.70. The summed E-state index contributed by atoms with van der Waals surface area (Å²) in [7, 11) is 0. The van der Waals surface area contributed by atoms with Gasteiger partial charge in [-0.25, -0.2) is 9.67 Å².